The van der Waals surface area contributed by atoms with Gasteiger partial charge < -0.3 is 14.6 Å². The largest absolute Gasteiger partial charge is 0.452 e. The molecule has 0 fully saturated rings. The van der Waals surface area contributed by atoms with E-state index in [1.54, 1.807) is 27.0 Å². The van der Waals surface area contributed by atoms with Crippen molar-refractivity contribution in [1.82, 2.24) is 19.9 Å². The Kier molecular flexibility index (Phi) is 5.82. The molecule has 0 bridgehead atoms. The van der Waals surface area contributed by atoms with Gasteiger partial charge in [-0.05, 0) is 26.0 Å². The third-order valence-corrected chi connectivity index (χ3v) is 4.95. The molecular formula is C22H18F3N5O4. The number of benzene rings is 1. The average molecular weight is 473 g/mol. The molecule has 0 aliphatic carbocycles. The Balaban J connectivity index is 1.65. The molecule has 34 heavy (non-hydrogen) atoms. The van der Waals surface area contributed by atoms with Gasteiger partial charge in [-0.1, -0.05) is 23.4 Å². The highest BCUT2D eigenvalue weighted by Gasteiger charge is 2.34. The molecule has 0 atom stereocenters. The van der Waals surface area contributed by atoms with E-state index in [0.717, 1.165) is 6.07 Å². The standard InChI is InChI=1S/C22H18F3N5O4/c1-11-8-17(30(3)28-11)27-18(31)10-33-21(32)14-9-16(26-20-19(14)12(2)29-34-20)13-6-4-5-7-15(13)22(23,24)25/h4-9H,10H2,1-3H3,(H,27,31). The number of carbonyl (C=O) groups excluding carboxylic acids is 2. The van der Waals surface area contributed by atoms with Gasteiger partial charge in [0.05, 0.1) is 33.6 Å². The Labute approximate surface area is 190 Å². The first-order valence-corrected chi connectivity index (χ1v) is 9.96. The third kappa shape index (κ3) is 4.47. The predicted octanol–water partition coefficient (Wildman–Crippen LogP) is 4.05. The molecular weight excluding hydrogens is 455 g/mol. The zero-order valence-corrected chi connectivity index (χ0v) is 18.2. The first kappa shape index (κ1) is 23.0. The van der Waals surface area contributed by atoms with Crippen molar-refractivity contribution in [2.24, 2.45) is 7.05 Å². The number of esters is 1. The first-order chi connectivity index (χ1) is 16.0. The normalized spacial score (nSPS) is 11.6. The highest BCUT2D eigenvalue weighted by atomic mass is 19.4. The van der Waals surface area contributed by atoms with Crippen LogP contribution < -0.4 is 5.32 Å². The maximum absolute atomic E-state index is 13.5. The zero-order chi connectivity index (χ0) is 24.6. The number of hydrogen-bond acceptors (Lipinski definition) is 7. The number of amides is 1. The molecule has 12 heteroatoms. The van der Waals surface area contributed by atoms with E-state index in [1.165, 1.54) is 28.9 Å². The number of nitrogens with one attached hydrogen (secondary N) is 1. The van der Waals surface area contributed by atoms with Gasteiger partial charge in [0.15, 0.2) is 6.61 Å². The maximum atomic E-state index is 13.5. The number of aromatic nitrogens is 4. The molecule has 0 aliphatic heterocycles. The summed E-state index contributed by atoms with van der Waals surface area (Å²) in [6, 6.07) is 7.62. The van der Waals surface area contributed by atoms with Crippen molar-refractivity contribution in [3.63, 3.8) is 0 Å². The van der Waals surface area contributed by atoms with Gasteiger partial charge in [0.1, 0.15) is 5.82 Å². The summed E-state index contributed by atoms with van der Waals surface area (Å²) >= 11 is 0. The molecule has 1 amide bonds. The molecule has 1 N–H and O–H groups in total. The molecule has 9 nitrogen and oxygen atoms in total. The van der Waals surface area contributed by atoms with E-state index in [9.17, 15) is 22.8 Å². The molecule has 4 aromatic rings. The van der Waals surface area contributed by atoms with Crippen molar-refractivity contribution >= 4 is 28.8 Å². The first-order valence-electron chi connectivity index (χ1n) is 9.96. The number of alkyl halides is 3. The molecule has 3 heterocycles. The van der Waals surface area contributed by atoms with Crippen LogP contribution in [0.25, 0.3) is 22.4 Å². The lowest BCUT2D eigenvalue weighted by atomic mass is 10.0. The quantitative estimate of drug-likeness (QED) is 0.435. The Morgan fingerprint density at radius 2 is 1.91 bits per heavy atom. The van der Waals surface area contributed by atoms with Crippen molar-refractivity contribution in [3.05, 3.63) is 58.9 Å². The highest BCUT2D eigenvalue weighted by Crippen LogP contribution is 2.37. The minimum Gasteiger partial charge on any atom is -0.452 e. The van der Waals surface area contributed by atoms with Gasteiger partial charge in [-0.3, -0.25) is 9.48 Å². The van der Waals surface area contributed by atoms with Crippen LogP contribution in [0.5, 0.6) is 0 Å². The molecule has 3 aromatic heterocycles. The molecule has 4 rings (SSSR count). The van der Waals surface area contributed by atoms with Gasteiger partial charge in [0.2, 0.25) is 0 Å². The van der Waals surface area contributed by atoms with Crippen LogP contribution in [0.4, 0.5) is 19.0 Å². The number of hydrogen-bond donors (Lipinski definition) is 1. The average Bonchev–Trinajstić information content (AvgIpc) is 3.31. The highest BCUT2D eigenvalue weighted by molar-refractivity contribution is 6.05. The van der Waals surface area contributed by atoms with Gasteiger partial charge in [-0.25, -0.2) is 9.78 Å². The summed E-state index contributed by atoms with van der Waals surface area (Å²) in [7, 11) is 1.64. The Morgan fingerprint density at radius 1 is 1.18 bits per heavy atom. The molecule has 0 saturated heterocycles. The Bertz CT molecular complexity index is 1410. The summed E-state index contributed by atoms with van der Waals surface area (Å²) in [6.07, 6.45) is -4.65. The summed E-state index contributed by atoms with van der Waals surface area (Å²) in [5, 5.41) is 10.6. The number of carbonyl (C=O) groups is 2. The molecule has 0 aliphatic rings. The number of ether oxygens (including phenoxy) is 1. The van der Waals surface area contributed by atoms with Crippen molar-refractivity contribution in [3.8, 4) is 11.3 Å². The van der Waals surface area contributed by atoms with Gasteiger partial charge in [0.25, 0.3) is 11.6 Å². The van der Waals surface area contributed by atoms with Gasteiger partial charge in [-0.15, -0.1) is 0 Å². The van der Waals surface area contributed by atoms with Crippen molar-refractivity contribution in [1.29, 1.82) is 0 Å². The molecule has 1 aromatic carbocycles. The van der Waals surface area contributed by atoms with Crippen LogP contribution in [0, 0.1) is 13.8 Å². The predicted molar refractivity (Wildman–Crippen MR) is 114 cm³/mol. The van der Waals surface area contributed by atoms with E-state index >= 15 is 0 Å². The number of aryl methyl sites for hydroxylation is 3. The molecule has 0 radical (unpaired) electrons. The number of anilines is 1. The minimum atomic E-state index is -4.65. The van der Waals surface area contributed by atoms with Crippen LogP contribution in [0.3, 0.4) is 0 Å². The molecule has 0 saturated carbocycles. The van der Waals surface area contributed by atoms with Crippen molar-refractivity contribution in [2.45, 2.75) is 20.0 Å². The van der Waals surface area contributed by atoms with E-state index < -0.39 is 30.2 Å². The monoisotopic (exact) mass is 473 g/mol. The summed E-state index contributed by atoms with van der Waals surface area (Å²) in [5.74, 6) is -1.15. The smallest absolute Gasteiger partial charge is 0.417 e. The minimum absolute atomic E-state index is 0.125. The van der Waals surface area contributed by atoms with E-state index in [-0.39, 0.29) is 27.9 Å². The van der Waals surface area contributed by atoms with Gasteiger partial charge in [-0.2, -0.15) is 18.3 Å². The van der Waals surface area contributed by atoms with Crippen LogP contribution >= 0.6 is 0 Å². The lowest BCUT2D eigenvalue weighted by Crippen LogP contribution is -2.22. The fraction of sp³-hybridized carbons (Fsp3) is 0.227. The van der Waals surface area contributed by atoms with Crippen LogP contribution in [0.2, 0.25) is 0 Å². The molecule has 0 spiro atoms. The number of halogens is 3. The number of rotatable bonds is 5. The Hall–Kier alpha value is -4.22. The van der Waals surface area contributed by atoms with Crippen LogP contribution in [0.1, 0.15) is 27.3 Å². The Morgan fingerprint density at radius 3 is 2.59 bits per heavy atom. The van der Waals surface area contributed by atoms with Gasteiger partial charge >= 0.3 is 12.1 Å². The number of pyridine rings is 1. The second-order valence-corrected chi connectivity index (χ2v) is 7.47. The third-order valence-electron chi connectivity index (χ3n) is 4.95. The molecule has 176 valence electrons. The van der Waals surface area contributed by atoms with Crippen LogP contribution in [-0.4, -0.2) is 38.4 Å². The molecule has 0 unspecified atom stereocenters. The summed E-state index contributed by atoms with van der Waals surface area (Å²) in [5.41, 5.74) is -0.608. The zero-order valence-electron chi connectivity index (χ0n) is 18.2. The van der Waals surface area contributed by atoms with Gasteiger partial charge in [0, 0.05) is 18.7 Å². The van der Waals surface area contributed by atoms with Crippen LogP contribution in [0.15, 0.2) is 40.9 Å². The van der Waals surface area contributed by atoms with E-state index in [0.29, 0.717) is 17.2 Å². The topological polar surface area (TPSA) is 112 Å². The fourth-order valence-corrected chi connectivity index (χ4v) is 3.46. The summed E-state index contributed by atoms with van der Waals surface area (Å²) < 4.78 is 52.3. The number of fused-ring (bicyclic) bond motifs is 1. The van der Waals surface area contributed by atoms with E-state index in [4.69, 9.17) is 9.26 Å². The van der Waals surface area contributed by atoms with Crippen LogP contribution in [-0.2, 0) is 22.8 Å². The van der Waals surface area contributed by atoms with Crippen molar-refractivity contribution < 1.29 is 32.0 Å². The van der Waals surface area contributed by atoms with Crippen molar-refractivity contribution in [2.75, 3.05) is 11.9 Å². The lowest BCUT2D eigenvalue weighted by Gasteiger charge is -2.13. The second-order valence-electron chi connectivity index (χ2n) is 7.47. The second kappa shape index (κ2) is 8.61. The number of nitrogens with zero attached hydrogens (tertiary/aromatic N) is 4. The van der Waals surface area contributed by atoms with E-state index in [2.05, 4.69) is 20.6 Å². The lowest BCUT2D eigenvalue weighted by molar-refractivity contribution is -0.137. The summed E-state index contributed by atoms with van der Waals surface area (Å²) in [6.45, 7) is 2.66. The fourth-order valence-electron chi connectivity index (χ4n) is 3.46. The summed E-state index contributed by atoms with van der Waals surface area (Å²) in [4.78, 5) is 29.2. The maximum Gasteiger partial charge on any atom is 0.417 e. The van der Waals surface area contributed by atoms with E-state index in [1.807, 2.05) is 0 Å². The SMILES string of the molecule is Cc1cc(NC(=O)COC(=O)c2cc(-c3ccccc3C(F)(F)F)nc3onc(C)c23)n(C)n1.